The number of hydrogen-bond acceptors (Lipinski definition) is 5. The molecule has 128 valence electrons. The SMILES string of the molecule is CCn1cc(C)c(NS(=O)(=O)c2ccc(NC(C)=O)cc2)nc1=O. The standard InChI is InChI=1S/C15H18N4O4S/c1-4-19-9-10(2)14(17-15(19)21)18-24(22,23)13-7-5-12(6-8-13)16-11(3)20/h5-9H,4H2,1-3H3,(H,16,20)(H,17,18,21). The summed E-state index contributed by atoms with van der Waals surface area (Å²) < 4.78 is 28.5. The van der Waals surface area contributed by atoms with Crippen LogP contribution in [0.15, 0.2) is 40.2 Å². The molecular weight excluding hydrogens is 332 g/mol. The lowest BCUT2D eigenvalue weighted by molar-refractivity contribution is -0.114. The van der Waals surface area contributed by atoms with Gasteiger partial charge in [-0.15, -0.1) is 0 Å². The second-order valence-corrected chi connectivity index (χ2v) is 6.83. The van der Waals surface area contributed by atoms with E-state index in [4.69, 9.17) is 0 Å². The highest BCUT2D eigenvalue weighted by Gasteiger charge is 2.17. The van der Waals surface area contributed by atoms with Gasteiger partial charge in [0.2, 0.25) is 5.91 Å². The van der Waals surface area contributed by atoms with Crippen LogP contribution in [0.1, 0.15) is 19.4 Å². The molecule has 1 aromatic carbocycles. The summed E-state index contributed by atoms with van der Waals surface area (Å²) in [6.45, 7) is 5.27. The van der Waals surface area contributed by atoms with E-state index in [-0.39, 0.29) is 16.6 Å². The van der Waals surface area contributed by atoms with Gasteiger partial charge in [0.05, 0.1) is 4.90 Å². The molecule has 0 unspecified atom stereocenters. The lowest BCUT2D eigenvalue weighted by Crippen LogP contribution is -2.25. The molecule has 0 aliphatic rings. The zero-order chi connectivity index (χ0) is 17.9. The molecule has 0 fully saturated rings. The first-order valence-corrected chi connectivity index (χ1v) is 8.70. The van der Waals surface area contributed by atoms with Crippen molar-refractivity contribution in [2.75, 3.05) is 10.0 Å². The Bertz CT molecular complexity index is 917. The molecule has 2 rings (SSSR count). The number of aryl methyl sites for hydroxylation is 2. The van der Waals surface area contributed by atoms with Gasteiger partial charge in [0, 0.05) is 30.9 Å². The van der Waals surface area contributed by atoms with Crippen LogP contribution >= 0.6 is 0 Å². The predicted octanol–water partition coefficient (Wildman–Crippen LogP) is 1.33. The second kappa shape index (κ2) is 6.83. The first-order valence-electron chi connectivity index (χ1n) is 7.21. The van der Waals surface area contributed by atoms with Crippen molar-refractivity contribution in [3.05, 3.63) is 46.5 Å². The average Bonchev–Trinajstić information content (AvgIpc) is 2.50. The third-order valence-electron chi connectivity index (χ3n) is 3.23. The van der Waals surface area contributed by atoms with Gasteiger partial charge in [-0.3, -0.25) is 14.1 Å². The van der Waals surface area contributed by atoms with E-state index >= 15 is 0 Å². The van der Waals surface area contributed by atoms with E-state index in [0.717, 1.165) is 0 Å². The molecule has 0 saturated heterocycles. The fourth-order valence-electron chi connectivity index (χ4n) is 2.03. The van der Waals surface area contributed by atoms with E-state index < -0.39 is 15.7 Å². The molecule has 0 radical (unpaired) electrons. The molecule has 9 heteroatoms. The quantitative estimate of drug-likeness (QED) is 0.845. The van der Waals surface area contributed by atoms with Gasteiger partial charge in [0.15, 0.2) is 0 Å². The molecule has 1 heterocycles. The number of carbonyl (C=O) groups excluding carboxylic acids is 1. The average molecular weight is 350 g/mol. The number of benzene rings is 1. The van der Waals surface area contributed by atoms with Crippen molar-refractivity contribution in [1.29, 1.82) is 0 Å². The van der Waals surface area contributed by atoms with Crippen molar-refractivity contribution in [3.63, 3.8) is 0 Å². The van der Waals surface area contributed by atoms with Gasteiger partial charge in [0.1, 0.15) is 5.82 Å². The summed E-state index contributed by atoms with van der Waals surface area (Å²) in [5.41, 5.74) is 0.498. The van der Waals surface area contributed by atoms with Crippen LogP contribution in [0.4, 0.5) is 11.5 Å². The number of nitrogens with one attached hydrogen (secondary N) is 2. The molecule has 0 bridgehead atoms. The van der Waals surface area contributed by atoms with Gasteiger partial charge in [-0.25, -0.2) is 13.2 Å². The minimum Gasteiger partial charge on any atom is -0.326 e. The van der Waals surface area contributed by atoms with Gasteiger partial charge < -0.3 is 5.32 Å². The van der Waals surface area contributed by atoms with Gasteiger partial charge in [-0.1, -0.05) is 0 Å². The Morgan fingerprint density at radius 1 is 1.25 bits per heavy atom. The maximum Gasteiger partial charge on any atom is 0.349 e. The predicted molar refractivity (Wildman–Crippen MR) is 90.5 cm³/mol. The molecule has 0 aliphatic heterocycles. The Labute approximate surface area is 139 Å². The number of hydrogen-bond donors (Lipinski definition) is 2. The van der Waals surface area contributed by atoms with Crippen LogP contribution in [0, 0.1) is 6.92 Å². The Balaban J connectivity index is 2.30. The van der Waals surface area contributed by atoms with Crippen molar-refractivity contribution in [3.8, 4) is 0 Å². The third-order valence-corrected chi connectivity index (χ3v) is 4.59. The van der Waals surface area contributed by atoms with E-state index in [1.54, 1.807) is 20.0 Å². The lowest BCUT2D eigenvalue weighted by atomic mass is 10.3. The minimum absolute atomic E-state index is 0.00234. The fourth-order valence-corrected chi connectivity index (χ4v) is 3.11. The van der Waals surface area contributed by atoms with Crippen LogP contribution in [-0.2, 0) is 21.4 Å². The molecule has 2 N–H and O–H groups in total. The monoisotopic (exact) mass is 350 g/mol. The normalized spacial score (nSPS) is 11.1. The molecule has 0 spiro atoms. The Kier molecular flexibility index (Phi) is 5.03. The van der Waals surface area contributed by atoms with E-state index in [0.29, 0.717) is 17.8 Å². The summed E-state index contributed by atoms with van der Waals surface area (Å²) in [5, 5.41) is 2.55. The number of nitrogens with zero attached hydrogens (tertiary/aromatic N) is 2. The Morgan fingerprint density at radius 2 is 1.88 bits per heavy atom. The number of sulfonamides is 1. The van der Waals surface area contributed by atoms with Gasteiger partial charge in [0.25, 0.3) is 10.0 Å². The molecule has 8 nitrogen and oxygen atoms in total. The number of carbonyl (C=O) groups is 1. The van der Waals surface area contributed by atoms with Crippen molar-refractivity contribution >= 4 is 27.4 Å². The largest absolute Gasteiger partial charge is 0.349 e. The van der Waals surface area contributed by atoms with E-state index in [2.05, 4.69) is 15.0 Å². The third kappa shape index (κ3) is 3.99. The van der Waals surface area contributed by atoms with Crippen molar-refractivity contribution in [2.45, 2.75) is 32.2 Å². The summed E-state index contributed by atoms with van der Waals surface area (Å²) >= 11 is 0. The van der Waals surface area contributed by atoms with Crippen LogP contribution in [-0.4, -0.2) is 23.9 Å². The number of anilines is 2. The van der Waals surface area contributed by atoms with E-state index in [1.165, 1.54) is 35.8 Å². The zero-order valence-corrected chi connectivity index (χ0v) is 14.3. The maximum absolute atomic E-state index is 12.4. The van der Waals surface area contributed by atoms with E-state index in [9.17, 15) is 18.0 Å². The van der Waals surface area contributed by atoms with E-state index in [1.807, 2.05) is 0 Å². The summed E-state index contributed by atoms with van der Waals surface area (Å²) in [5.74, 6) is -0.254. The lowest BCUT2D eigenvalue weighted by Gasteiger charge is -2.11. The highest BCUT2D eigenvalue weighted by atomic mass is 32.2. The molecule has 2 aromatic rings. The summed E-state index contributed by atoms with van der Waals surface area (Å²) in [4.78, 5) is 26.5. The van der Waals surface area contributed by atoms with Gasteiger partial charge in [-0.05, 0) is 38.1 Å². The minimum atomic E-state index is -3.89. The van der Waals surface area contributed by atoms with Gasteiger partial charge >= 0.3 is 5.69 Å². The Hall–Kier alpha value is -2.68. The second-order valence-electron chi connectivity index (χ2n) is 5.15. The maximum atomic E-state index is 12.4. The van der Waals surface area contributed by atoms with Crippen LogP contribution in [0.2, 0.25) is 0 Å². The van der Waals surface area contributed by atoms with Crippen LogP contribution in [0.5, 0.6) is 0 Å². The van der Waals surface area contributed by atoms with Crippen LogP contribution < -0.4 is 15.7 Å². The smallest absolute Gasteiger partial charge is 0.326 e. The molecule has 0 atom stereocenters. The highest BCUT2D eigenvalue weighted by Crippen LogP contribution is 2.18. The van der Waals surface area contributed by atoms with Crippen molar-refractivity contribution in [2.24, 2.45) is 0 Å². The first-order chi connectivity index (χ1) is 11.2. The van der Waals surface area contributed by atoms with Crippen LogP contribution in [0.25, 0.3) is 0 Å². The fraction of sp³-hybridized carbons (Fsp3) is 0.267. The summed E-state index contributed by atoms with van der Waals surface area (Å²) in [7, 11) is -3.89. The zero-order valence-electron chi connectivity index (χ0n) is 13.5. The molecular formula is C15H18N4O4S. The summed E-state index contributed by atoms with van der Waals surface area (Å²) in [6.07, 6.45) is 1.55. The Morgan fingerprint density at radius 3 is 2.42 bits per heavy atom. The van der Waals surface area contributed by atoms with Gasteiger partial charge in [-0.2, -0.15) is 4.98 Å². The number of rotatable bonds is 5. The molecule has 24 heavy (non-hydrogen) atoms. The number of amides is 1. The first kappa shape index (κ1) is 17.7. The number of aromatic nitrogens is 2. The molecule has 0 saturated carbocycles. The molecule has 1 aromatic heterocycles. The van der Waals surface area contributed by atoms with Crippen LogP contribution in [0.3, 0.4) is 0 Å². The summed E-state index contributed by atoms with van der Waals surface area (Å²) in [6, 6.07) is 5.67. The topological polar surface area (TPSA) is 110 Å². The molecule has 0 aliphatic carbocycles. The highest BCUT2D eigenvalue weighted by molar-refractivity contribution is 7.92. The van der Waals surface area contributed by atoms with Crippen molar-refractivity contribution in [1.82, 2.24) is 9.55 Å². The molecule has 1 amide bonds. The van der Waals surface area contributed by atoms with Crippen molar-refractivity contribution < 1.29 is 13.2 Å².